The number of hydrogen-bond donors (Lipinski definition) is 1. The average molecular weight is 460 g/mol. The third kappa shape index (κ3) is 5.30. The number of benzene rings is 2. The maximum atomic E-state index is 13.2. The number of nitriles is 1. The van der Waals surface area contributed by atoms with Crippen LogP contribution in [0.15, 0.2) is 54.7 Å². The van der Waals surface area contributed by atoms with Crippen molar-refractivity contribution in [3.8, 4) is 23.1 Å². The number of ether oxygens (including phenoxy) is 2. The number of rotatable bonds is 6. The average Bonchev–Trinajstić information content (AvgIpc) is 2.80. The number of nitrogens with zero attached hydrogens (tertiary/aromatic N) is 4. The standard InChI is InChI=1S/C25H25N5O4/c1-15(13-26)14-30(24(32)34-25(2,3)4)21-18-12-17(7-6-16(18)8-9-20(21)33-5)19-10-11-28-23(29-19)22(27)31/h6-12H,1,14H2,2-5H3,(H2,27,31). The summed E-state index contributed by atoms with van der Waals surface area (Å²) in [5, 5.41) is 10.8. The Morgan fingerprint density at radius 1 is 1.21 bits per heavy atom. The van der Waals surface area contributed by atoms with Crippen LogP contribution in [0.1, 0.15) is 31.4 Å². The predicted octanol–water partition coefficient (Wildman–Crippen LogP) is 4.23. The van der Waals surface area contributed by atoms with Gasteiger partial charge in [-0.05, 0) is 44.4 Å². The summed E-state index contributed by atoms with van der Waals surface area (Å²) in [6, 6.07) is 12.7. The van der Waals surface area contributed by atoms with Gasteiger partial charge in [-0.25, -0.2) is 14.8 Å². The van der Waals surface area contributed by atoms with Gasteiger partial charge < -0.3 is 15.2 Å². The molecule has 9 nitrogen and oxygen atoms in total. The first kappa shape index (κ1) is 24.2. The molecule has 0 aliphatic rings. The SMILES string of the molecule is C=C(C#N)CN(C(=O)OC(C)(C)C)c1c(OC)ccc2ccc(-c3ccnc(C(N)=O)n3)cc12. The van der Waals surface area contributed by atoms with Gasteiger partial charge in [-0.15, -0.1) is 0 Å². The maximum absolute atomic E-state index is 13.2. The first-order chi connectivity index (χ1) is 16.0. The number of amides is 2. The van der Waals surface area contributed by atoms with Gasteiger partial charge in [0, 0.05) is 22.7 Å². The minimum atomic E-state index is -0.765. The molecule has 0 aliphatic carbocycles. The van der Waals surface area contributed by atoms with Gasteiger partial charge in [-0.3, -0.25) is 9.69 Å². The first-order valence-electron chi connectivity index (χ1n) is 10.4. The molecule has 2 aromatic carbocycles. The normalized spacial score (nSPS) is 10.9. The fraction of sp³-hybridized carbons (Fsp3) is 0.240. The number of carbonyl (C=O) groups is 2. The number of anilines is 1. The van der Waals surface area contributed by atoms with Crippen LogP contribution in [0.4, 0.5) is 10.5 Å². The number of primary amides is 1. The summed E-state index contributed by atoms with van der Waals surface area (Å²) in [6.45, 7) is 8.91. The van der Waals surface area contributed by atoms with E-state index in [1.165, 1.54) is 18.2 Å². The van der Waals surface area contributed by atoms with Crippen molar-refractivity contribution in [2.75, 3.05) is 18.6 Å². The Bertz CT molecular complexity index is 1320. The third-order valence-corrected chi connectivity index (χ3v) is 4.74. The van der Waals surface area contributed by atoms with E-state index in [1.54, 1.807) is 32.9 Å². The molecule has 34 heavy (non-hydrogen) atoms. The molecule has 9 heteroatoms. The van der Waals surface area contributed by atoms with Gasteiger partial charge in [0.05, 0.1) is 31.1 Å². The number of methoxy groups -OCH3 is 1. The van der Waals surface area contributed by atoms with Crippen molar-refractivity contribution in [2.24, 2.45) is 5.73 Å². The number of aromatic nitrogens is 2. The molecule has 0 unspecified atom stereocenters. The highest BCUT2D eigenvalue weighted by molar-refractivity contribution is 6.06. The van der Waals surface area contributed by atoms with Gasteiger partial charge in [0.25, 0.3) is 5.91 Å². The van der Waals surface area contributed by atoms with Crippen LogP contribution < -0.4 is 15.4 Å². The van der Waals surface area contributed by atoms with E-state index in [2.05, 4.69) is 16.5 Å². The molecule has 0 spiro atoms. The Hall–Kier alpha value is -4.45. The number of carbonyl (C=O) groups excluding carboxylic acids is 2. The van der Waals surface area contributed by atoms with E-state index in [-0.39, 0.29) is 17.9 Å². The Balaban J connectivity index is 2.26. The summed E-state index contributed by atoms with van der Waals surface area (Å²) < 4.78 is 11.2. The van der Waals surface area contributed by atoms with Crippen LogP contribution in [0.3, 0.4) is 0 Å². The minimum absolute atomic E-state index is 0.0928. The van der Waals surface area contributed by atoms with E-state index >= 15 is 0 Å². The Kier molecular flexibility index (Phi) is 6.82. The van der Waals surface area contributed by atoms with E-state index in [1.807, 2.05) is 30.3 Å². The molecule has 1 aromatic heterocycles. The second kappa shape index (κ2) is 9.58. The molecular formula is C25H25N5O4. The van der Waals surface area contributed by atoms with Gasteiger partial charge in [0.2, 0.25) is 5.82 Å². The molecule has 2 N–H and O–H groups in total. The Morgan fingerprint density at radius 2 is 1.91 bits per heavy atom. The van der Waals surface area contributed by atoms with Gasteiger partial charge in [0.15, 0.2) is 0 Å². The lowest BCUT2D eigenvalue weighted by atomic mass is 10.0. The smallest absolute Gasteiger partial charge is 0.415 e. The van der Waals surface area contributed by atoms with Crippen molar-refractivity contribution in [2.45, 2.75) is 26.4 Å². The molecule has 0 aliphatic heterocycles. The molecule has 0 bridgehead atoms. The molecule has 3 rings (SSSR count). The zero-order chi connectivity index (χ0) is 25.0. The van der Waals surface area contributed by atoms with Crippen molar-refractivity contribution in [3.05, 3.63) is 60.6 Å². The molecule has 1 heterocycles. The number of fused-ring (bicyclic) bond motifs is 1. The number of nitrogens with two attached hydrogens (primary N) is 1. The Labute approximate surface area is 197 Å². The molecule has 0 saturated carbocycles. The van der Waals surface area contributed by atoms with E-state index in [9.17, 15) is 14.9 Å². The zero-order valence-electron chi connectivity index (χ0n) is 19.5. The molecule has 0 saturated heterocycles. The molecular weight excluding hydrogens is 434 g/mol. The van der Waals surface area contributed by atoms with Crippen molar-refractivity contribution in [1.29, 1.82) is 5.26 Å². The van der Waals surface area contributed by atoms with Crippen molar-refractivity contribution >= 4 is 28.5 Å². The molecule has 0 atom stereocenters. The van der Waals surface area contributed by atoms with E-state index in [0.29, 0.717) is 28.1 Å². The van der Waals surface area contributed by atoms with Gasteiger partial charge in [0.1, 0.15) is 11.4 Å². The molecule has 0 radical (unpaired) electrons. The lowest BCUT2D eigenvalue weighted by Crippen LogP contribution is -2.38. The van der Waals surface area contributed by atoms with Crippen molar-refractivity contribution < 1.29 is 19.1 Å². The third-order valence-electron chi connectivity index (χ3n) is 4.74. The van der Waals surface area contributed by atoms with Crippen LogP contribution in [0.2, 0.25) is 0 Å². The van der Waals surface area contributed by atoms with E-state index in [0.717, 1.165) is 5.39 Å². The molecule has 2 amide bonds. The topological polar surface area (TPSA) is 131 Å². The summed E-state index contributed by atoms with van der Waals surface area (Å²) in [7, 11) is 1.49. The van der Waals surface area contributed by atoms with E-state index in [4.69, 9.17) is 15.2 Å². The molecule has 174 valence electrons. The van der Waals surface area contributed by atoms with Gasteiger partial charge >= 0.3 is 6.09 Å². The largest absolute Gasteiger partial charge is 0.495 e. The van der Waals surface area contributed by atoms with Crippen LogP contribution in [0, 0.1) is 11.3 Å². The van der Waals surface area contributed by atoms with Crippen LogP contribution in [-0.2, 0) is 4.74 Å². The lowest BCUT2D eigenvalue weighted by molar-refractivity contribution is 0.0583. The highest BCUT2D eigenvalue weighted by Gasteiger charge is 2.28. The summed E-state index contributed by atoms with van der Waals surface area (Å²) in [6.07, 6.45) is 0.793. The maximum Gasteiger partial charge on any atom is 0.415 e. The summed E-state index contributed by atoms with van der Waals surface area (Å²) >= 11 is 0. The minimum Gasteiger partial charge on any atom is -0.495 e. The van der Waals surface area contributed by atoms with Gasteiger partial charge in [-0.1, -0.05) is 24.8 Å². The predicted molar refractivity (Wildman–Crippen MR) is 128 cm³/mol. The second-order valence-corrected chi connectivity index (χ2v) is 8.46. The highest BCUT2D eigenvalue weighted by Crippen LogP contribution is 2.39. The summed E-state index contributed by atoms with van der Waals surface area (Å²) in [5.74, 6) is -0.443. The number of hydrogen-bond acceptors (Lipinski definition) is 7. The Morgan fingerprint density at radius 3 is 2.53 bits per heavy atom. The van der Waals surface area contributed by atoms with Crippen LogP contribution in [0.25, 0.3) is 22.0 Å². The highest BCUT2D eigenvalue weighted by atomic mass is 16.6. The quantitative estimate of drug-likeness (QED) is 0.546. The zero-order valence-corrected chi connectivity index (χ0v) is 19.5. The van der Waals surface area contributed by atoms with Crippen molar-refractivity contribution in [3.63, 3.8) is 0 Å². The first-order valence-corrected chi connectivity index (χ1v) is 10.4. The van der Waals surface area contributed by atoms with Crippen LogP contribution in [-0.4, -0.2) is 41.2 Å². The lowest BCUT2D eigenvalue weighted by Gasteiger charge is -2.29. The monoisotopic (exact) mass is 459 g/mol. The van der Waals surface area contributed by atoms with Gasteiger partial charge in [-0.2, -0.15) is 5.26 Å². The van der Waals surface area contributed by atoms with Crippen molar-refractivity contribution in [1.82, 2.24) is 9.97 Å². The summed E-state index contributed by atoms with van der Waals surface area (Å²) in [5.41, 5.74) is 6.28. The summed E-state index contributed by atoms with van der Waals surface area (Å²) in [4.78, 5) is 34.2. The molecule has 0 fully saturated rings. The second-order valence-electron chi connectivity index (χ2n) is 8.46. The fourth-order valence-electron chi connectivity index (χ4n) is 3.30. The van der Waals surface area contributed by atoms with Crippen LogP contribution >= 0.6 is 0 Å². The fourth-order valence-corrected chi connectivity index (χ4v) is 3.30. The molecule has 3 aromatic rings. The van der Waals surface area contributed by atoms with E-state index < -0.39 is 17.6 Å². The van der Waals surface area contributed by atoms with Crippen LogP contribution in [0.5, 0.6) is 5.75 Å².